The van der Waals surface area contributed by atoms with Crippen molar-refractivity contribution in [2.45, 2.75) is 32.2 Å². The van der Waals surface area contributed by atoms with Gasteiger partial charge in [-0.25, -0.2) is 4.39 Å². The maximum atomic E-state index is 13.4. The molecule has 1 saturated heterocycles. The number of halogens is 1. The molecule has 1 aliphatic heterocycles. The number of nitrogens with one attached hydrogen (secondary N) is 1. The molecule has 2 rings (SSSR count). The molecule has 1 fully saturated rings. The molecule has 0 aromatic heterocycles. The van der Waals surface area contributed by atoms with Crippen molar-refractivity contribution in [2.24, 2.45) is 0 Å². The molecule has 0 amide bonds. The first-order chi connectivity index (χ1) is 8.57. The fraction of sp³-hybridized carbons (Fsp3) is 0.571. The van der Waals surface area contributed by atoms with Crippen molar-refractivity contribution in [1.29, 1.82) is 0 Å². The molecule has 0 radical (unpaired) electrons. The van der Waals surface area contributed by atoms with Crippen molar-refractivity contribution in [2.75, 3.05) is 19.7 Å². The molecule has 0 bridgehead atoms. The van der Waals surface area contributed by atoms with Gasteiger partial charge in [-0.05, 0) is 19.9 Å². The monoisotopic (exact) mass is 253 g/mol. The largest absolute Gasteiger partial charge is 0.374 e. The highest BCUT2D eigenvalue weighted by atomic mass is 19.1. The molecule has 100 valence electrons. The van der Waals surface area contributed by atoms with E-state index in [4.69, 9.17) is 9.47 Å². The minimum atomic E-state index is -0.222. The molecule has 1 aromatic rings. The quantitative estimate of drug-likeness (QED) is 0.891. The van der Waals surface area contributed by atoms with Crippen molar-refractivity contribution >= 4 is 0 Å². The Morgan fingerprint density at radius 1 is 1.44 bits per heavy atom. The first kappa shape index (κ1) is 13.5. The SMILES string of the molecule is CC1(C)CNCC(COCc2ccccc2F)O1. The molecule has 1 aromatic carbocycles. The summed E-state index contributed by atoms with van der Waals surface area (Å²) in [5.41, 5.74) is 0.421. The molecule has 1 unspecified atom stereocenters. The topological polar surface area (TPSA) is 30.5 Å². The van der Waals surface area contributed by atoms with Gasteiger partial charge in [-0.15, -0.1) is 0 Å². The van der Waals surface area contributed by atoms with Gasteiger partial charge in [0.25, 0.3) is 0 Å². The van der Waals surface area contributed by atoms with Crippen molar-refractivity contribution in [3.63, 3.8) is 0 Å². The number of rotatable bonds is 4. The lowest BCUT2D eigenvalue weighted by Crippen LogP contribution is -2.51. The number of hydrogen-bond acceptors (Lipinski definition) is 3. The Bertz CT molecular complexity index is 395. The summed E-state index contributed by atoms with van der Waals surface area (Å²) < 4.78 is 24.7. The van der Waals surface area contributed by atoms with Crippen LogP contribution in [0, 0.1) is 5.82 Å². The van der Waals surface area contributed by atoms with Crippen LogP contribution in [0.25, 0.3) is 0 Å². The Hall–Kier alpha value is -0.970. The predicted molar refractivity (Wildman–Crippen MR) is 67.9 cm³/mol. The highest BCUT2D eigenvalue weighted by Crippen LogP contribution is 2.16. The molecule has 0 saturated carbocycles. The second-order valence-corrected chi connectivity index (χ2v) is 5.24. The first-order valence-electron chi connectivity index (χ1n) is 6.26. The lowest BCUT2D eigenvalue weighted by molar-refractivity contribution is -0.122. The third kappa shape index (κ3) is 3.77. The number of hydrogen-bond donors (Lipinski definition) is 1. The van der Waals surface area contributed by atoms with Crippen molar-refractivity contribution < 1.29 is 13.9 Å². The molecule has 18 heavy (non-hydrogen) atoms. The summed E-state index contributed by atoms with van der Waals surface area (Å²) in [5.74, 6) is -0.222. The van der Waals surface area contributed by atoms with E-state index in [1.54, 1.807) is 12.1 Å². The summed E-state index contributed by atoms with van der Waals surface area (Å²) in [6, 6.07) is 6.67. The van der Waals surface area contributed by atoms with E-state index in [0.717, 1.165) is 13.1 Å². The third-order valence-electron chi connectivity index (χ3n) is 2.93. The van der Waals surface area contributed by atoms with Crippen LogP contribution in [-0.4, -0.2) is 31.4 Å². The van der Waals surface area contributed by atoms with E-state index in [2.05, 4.69) is 5.32 Å². The van der Waals surface area contributed by atoms with Crippen LogP contribution in [0.1, 0.15) is 19.4 Å². The highest BCUT2D eigenvalue weighted by molar-refractivity contribution is 5.16. The predicted octanol–water partition coefficient (Wildman–Crippen LogP) is 2.11. The van der Waals surface area contributed by atoms with E-state index in [1.807, 2.05) is 19.9 Å². The maximum absolute atomic E-state index is 13.4. The van der Waals surface area contributed by atoms with E-state index in [1.165, 1.54) is 6.07 Å². The van der Waals surface area contributed by atoms with Crippen LogP contribution < -0.4 is 5.32 Å². The summed E-state index contributed by atoms with van der Waals surface area (Å²) in [6.07, 6.45) is 0.0283. The highest BCUT2D eigenvalue weighted by Gasteiger charge is 2.28. The second kappa shape index (κ2) is 5.78. The van der Waals surface area contributed by atoms with Gasteiger partial charge >= 0.3 is 0 Å². The van der Waals surface area contributed by atoms with E-state index in [-0.39, 0.29) is 24.1 Å². The minimum Gasteiger partial charge on any atom is -0.374 e. The van der Waals surface area contributed by atoms with E-state index in [0.29, 0.717) is 12.2 Å². The molecule has 1 N–H and O–H groups in total. The van der Waals surface area contributed by atoms with Gasteiger partial charge in [0.1, 0.15) is 5.82 Å². The molecule has 1 atom stereocenters. The molecule has 4 heteroatoms. The Balaban J connectivity index is 1.77. The summed E-state index contributed by atoms with van der Waals surface area (Å²) in [7, 11) is 0. The summed E-state index contributed by atoms with van der Waals surface area (Å²) >= 11 is 0. The van der Waals surface area contributed by atoms with Gasteiger partial charge in [0.15, 0.2) is 0 Å². The number of morpholine rings is 1. The Kier molecular flexibility index (Phi) is 4.32. The smallest absolute Gasteiger partial charge is 0.128 e. The maximum Gasteiger partial charge on any atom is 0.128 e. The van der Waals surface area contributed by atoms with E-state index < -0.39 is 0 Å². The molecule has 0 aliphatic carbocycles. The normalized spacial score (nSPS) is 22.9. The van der Waals surface area contributed by atoms with Gasteiger partial charge in [-0.1, -0.05) is 18.2 Å². The molecular weight excluding hydrogens is 233 g/mol. The summed E-state index contributed by atoms with van der Waals surface area (Å²) in [4.78, 5) is 0. The zero-order valence-corrected chi connectivity index (χ0v) is 10.9. The number of benzene rings is 1. The van der Waals surface area contributed by atoms with Crippen LogP contribution in [0.15, 0.2) is 24.3 Å². The van der Waals surface area contributed by atoms with Crippen molar-refractivity contribution in [1.82, 2.24) is 5.32 Å². The number of ether oxygens (including phenoxy) is 2. The van der Waals surface area contributed by atoms with Gasteiger partial charge in [-0.3, -0.25) is 0 Å². The van der Waals surface area contributed by atoms with Crippen molar-refractivity contribution in [3.05, 3.63) is 35.6 Å². The first-order valence-corrected chi connectivity index (χ1v) is 6.26. The molecule has 3 nitrogen and oxygen atoms in total. The average molecular weight is 253 g/mol. The Morgan fingerprint density at radius 2 is 2.22 bits per heavy atom. The lowest BCUT2D eigenvalue weighted by Gasteiger charge is -2.36. The van der Waals surface area contributed by atoms with Crippen molar-refractivity contribution in [3.8, 4) is 0 Å². The molecule has 1 aliphatic rings. The van der Waals surface area contributed by atoms with Gasteiger partial charge < -0.3 is 14.8 Å². The fourth-order valence-corrected chi connectivity index (χ4v) is 2.08. The Morgan fingerprint density at radius 3 is 2.94 bits per heavy atom. The van der Waals surface area contributed by atoms with E-state index >= 15 is 0 Å². The minimum absolute atomic E-state index is 0.0283. The zero-order valence-electron chi connectivity index (χ0n) is 10.9. The second-order valence-electron chi connectivity index (χ2n) is 5.24. The summed E-state index contributed by atoms with van der Waals surface area (Å²) in [6.45, 7) is 6.47. The average Bonchev–Trinajstić information content (AvgIpc) is 2.30. The molecule has 0 spiro atoms. The fourth-order valence-electron chi connectivity index (χ4n) is 2.08. The van der Waals surface area contributed by atoms with Crippen LogP contribution in [0.2, 0.25) is 0 Å². The zero-order chi connectivity index (χ0) is 13.0. The van der Waals surface area contributed by atoms with Crippen LogP contribution >= 0.6 is 0 Å². The van der Waals surface area contributed by atoms with Crippen LogP contribution in [0.5, 0.6) is 0 Å². The standard InChI is InChI=1S/C14H20FNO2/c1-14(2)10-16-7-12(18-14)9-17-8-11-5-3-4-6-13(11)15/h3-6,12,16H,7-10H2,1-2H3. The molecule has 1 heterocycles. The Labute approximate surface area is 107 Å². The molecular formula is C14H20FNO2. The summed E-state index contributed by atoms with van der Waals surface area (Å²) in [5, 5.41) is 3.31. The van der Waals surface area contributed by atoms with Gasteiger partial charge in [0.05, 0.1) is 24.9 Å². The van der Waals surface area contributed by atoms with E-state index in [9.17, 15) is 4.39 Å². The van der Waals surface area contributed by atoms with Crippen LogP contribution in [0.4, 0.5) is 4.39 Å². The van der Waals surface area contributed by atoms with Crippen LogP contribution in [0.3, 0.4) is 0 Å². The third-order valence-corrected chi connectivity index (χ3v) is 2.93. The van der Waals surface area contributed by atoms with Crippen LogP contribution in [-0.2, 0) is 16.1 Å². The van der Waals surface area contributed by atoms with Gasteiger partial charge in [0, 0.05) is 18.7 Å². The van der Waals surface area contributed by atoms with Gasteiger partial charge in [-0.2, -0.15) is 0 Å². The van der Waals surface area contributed by atoms with Gasteiger partial charge in [0.2, 0.25) is 0 Å². The lowest BCUT2D eigenvalue weighted by atomic mass is 10.1.